The zero-order chi connectivity index (χ0) is 20.3. The molecule has 1 N–H and O–H groups in total. The van der Waals surface area contributed by atoms with E-state index in [0.29, 0.717) is 6.54 Å². The molecule has 2 aliphatic rings. The second kappa shape index (κ2) is 9.27. The number of fused-ring (bicyclic) bond motifs is 1. The molecule has 0 amide bonds. The fourth-order valence-electron chi connectivity index (χ4n) is 4.60. The number of nitrogens with zero attached hydrogens (tertiary/aromatic N) is 2. The van der Waals surface area contributed by atoms with E-state index in [9.17, 15) is 8.42 Å². The summed E-state index contributed by atoms with van der Waals surface area (Å²) in [7, 11) is -1.76. The predicted molar refractivity (Wildman–Crippen MR) is 119 cm³/mol. The van der Waals surface area contributed by atoms with E-state index < -0.39 is 10.2 Å². The van der Waals surface area contributed by atoms with Crippen LogP contribution in [0.2, 0.25) is 0 Å². The van der Waals surface area contributed by atoms with Crippen LogP contribution in [0, 0.1) is 0 Å². The van der Waals surface area contributed by atoms with E-state index in [-0.39, 0.29) is 12.1 Å². The smallest absolute Gasteiger partial charge is 0.279 e. The molecule has 1 atom stereocenters. The van der Waals surface area contributed by atoms with E-state index in [2.05, 4.69) is 33.2 Å². The minimum atomic E-state index is -3.49. The van der Waals surface area contributed by atoms with Crippen molar-refractivity contribution in [1.29, 1.82) is 0 Å². The minimum absolute atomic E-state index is 0.0266. The summed E-state index contributed by atoms with van der Waals surface area (Å²) in [4.78, 5) is 3.87. The third kappa shape index (κ3) is 4.91. The third-order valence-electron chi connectivity index (χ3n) is 6.39. The van der Waals surface area contributed by atoms with Gasteiger partial charge in [0.2, 0.25) is 0 Å². The number of thiophene rings is 1. The van der Waals surface area contributed by atoms with Crippen LogP contribution in [0.25, 0.3) is 0 Å². The summed E-state index contributed by atoms with van der Waals surface area (Å²) in [5.41, 5.74) is 2.54. The van der Waals surface area contributed by atoms with E-state index in [1.165, 1.54) is 16.9 Å². The largest absolute Gasteiger partial charge is 0.290 e. The first-order valence-electron chi connectivity index (χ1n) is 10.6. The Balaban J connectivity index is 1.49. The highest BCUT2D eigenvalue weighted by molar-refractivity contribution is 7.87. The van der Waals surface area contributed by atoms with Crippen molar-refractivity contribution in [3.8, 4) is 0 Å². The quantitative estimate of drug-likeness (QED) is 0.719. The standard InChI is InChI=1S/C22H31N3O2S2/c1-24(20-10-6-3-7-11-20)29(26,27)23-16-21(18-8-4-2-5-9-18)25-14-12-22-19(17-25)13-15-28-22/h2,4-5,8-9,13,15,20-21,23H,3,6-7,10-12,14,16-17H2,1H3/t21-/m0/s1. The summed E-state index contributed by atoms with van der Waals surface area (Å²) in [5, 5.41) is 2.16. The van der Waals surface area contributed by atoms with E-state index in [1.807, 2.05) is 29.5 Å². The van der Waals surface area contributed by atoms with E-state index >= 15 is 0 Å². The van der Waals surface area contributed by atoms with Gasteiger partial charge >= 0.3 is 0 Å². The van der Waals surface area contributed by atoms with Gasteiger partial charge in [0.1, 0.15) is 0 Å². The van der Waals surface area contributed by atoms with E-state index in [1.54, 1.807) is 11.4 Å². The second-order valence-corrected chi connectivity index (χ2v) is 11.0. The molecule has 0 unspecified atom stereocenters. The summed E-state index contributed by atoms with van der Waals surface area (Å²) < 4.78 is 30.5. The molecule has 5 nitrogen and oxygen atoms in total. The van der Waals surface area contributed by atoms with Crippen molar-refractivity contribution in [2.75, 3.05) is 20.1 Å². The van der Waals surface area contributed by atoms with Crippen LogP contribution >= 0.6 is 11.3 Å². The van der Waals surface area contributed by atoms with Gasteiger partial charge in [-0.1, -0.05) is 49.6 Å². The van der Waals surface area contributed by atoms with Crippen molar-refractivity contribution in [3.05, 3.63) is 57.8 Å². The van der Waals surface area contributed by atoms with Crippen LogP contribution in [-0.2, 0) is 23.2 Å². The Morgan fingerprint density at radius 3 is 2.69 bits per heavy atom. The van der Waals surface area contributed by atoms with Crippen LogP contribution in [0.15, 0.2) is 41.8 Å². The number of benzene rings is 1. The van der Waals surface area contributed by atoms with Crippen LogP contribution in [0.4, 0.5) is 0 Å². The lowest BCUT2D eigenvalue weighted by Crippen LogP contribution is -2.47. The lowest BCUT2D eigenvalue weighted by molar-refractivity contribution is 0.180. The minimum Gasteiger partial charge on any atom is -0.290 e. The monoisotopic (exact) mass is 433 g/mol. The lowest BCUT2D eigenvalue weighted by Gasteiger charge is -2.36. The molecule has 1 aromatic carbocycles. The van der Waals surface area contributed by atoms with Crippen molar-refractivity contribution < 1.29 is 8.42 Å². The summed E-state index contributed by atoms with van der Waals surface area (Å²) in [6.07, 6.45) is 6.42. The topological polar surface area (TPSA) is 52.7 Å². The molecule has 2 aromatic rings. The van der Waals surface area contributed by atoms with Gasteiger partial charge < -0.3 is 0 Å². The highest BCUT2D eigenvalue weighted by Crippen LogP contribution is 2.30. The predicted octanol–water partition coefficient (Wildman–Crippen LogP) is 3.95. The molecule has 2 heterocycles. The van der Waals surface area contributed by atoms with Crippen molar-refractivity contribution >= 4 is 21.5 Å². The first-order chi connectivity index (χ1) is 14.0. The van der Waals surface area contributed by atoms with Gasteiger partial charge in [0.15, 0.2) is 0 Å². The Kier molecular flexibility index (Phi) is 6.71. The molecule has 0 radical (unpaired) electrons. The summed E-state index contributed by atoms with van der Waals surface area (Å²) in [5.74, 6) is 0. The zero-order valence-electron chi connectivity index (χ0n) is 17.1. The van der Waals surface area contributed by atoms with Crippen LogP contribution < -0.4 is 4.72 Å². The highest BCUT2D eigenvalue weighted by atomic mass is 32.2. The molecule has 1 aliphatic heterocycles. The van der Waals surface area contributed by atoms with Crippen LogP contribution in [-0.4, -0.2) is 43.8 Å². The van der Waals surface area contributed by atoms with Gasteiger partial charge in [0, 0.05) is 43.6 Å². The molecule has 4 rings (SSSR count). The zero-order valence-corrected chi connectivity index (χ0v) is 18.7. The average Bonchev–Trinajstić information content (AvgIpc) is 3.23. The maximum absolute atomic E-state index is 13.0. The Hall–Kier alpha value is -1.25. The van der Waals surface area contributed by atoms with Crippen LogP contribution in [0.1, 0.15) is 54.1 Å². The molecule has 1 aromatic heterocycles. The van der Waals surface area contributed by atoms with Crippen molar-refractivity contribution in [2.24, 2.45) is 0 Å². The van der Waals surface area contributed by atoms with E-state index in [4.69, 9.17) is 0 Å². The second-order valence-electron chi connectivity index (χ2n) is 8.18. The third-order valence-corrected chi connectivity index (χ3v) is 9.00. The molecule has 1 aliphatic carbocycles. The number of rotatable bonds is 7. The van der Waals surface area contributed by atoms with Gasteiger partial charge in [-0.05, 0) is 41.8 Å². The lowest BCUT2D eigenvalue weighted by atomic mass is 9.96. The van der Waals surface area contributed by atoms with Gasteiger partial charge in [-0.15, -0.1) is 11.3 Å². The van der Waals surface area contributed by atoms with Gasteiger partial charge in [0.25, 0.3) is 10.2 Å². The molecule has 158 valence electrons. The highest BCUT2D eigenvalue weighted by Gasteiger charge is 2.30. The fourth-order valence-corrected chi connectivity index (χ4v) is 6.66. The fraction of sp³-hybridized carbons (Fsp3) is 0.545. The van der Waals surface area contributed by atoms with Gasteiger partial charge in [-0.25, -0.2) is 4.72 Å². The Labute approximate surface area is 178 Å². The van der Waals surface area contributed by atoms with Crippen molar-refractivity contribution in [3.63, 3.8) is 0 Å². The molecule has 29 heavy (non-hydrogen) atoms. The Morgan fingerprint density at radius 2 is 1.93 bits per heavy atom. The summed E-state index contributed by atoms with van der Waals surface area (Å²) in [6.45, 7) is 2.22. The molecular formula is C22H31N3O2S2. The van der Waals surface area contributed by atoms with Crippen LogP contribution in [0.5, 0.6) is 0 Å². The molecule has 1 fully saturated rings. The van der Waals surface area contributed by atoms with Gasteiger partial charge in [-0.3, -0.25) is 4.90 Å². The van der Waals surface area contributed by atoms with Gasteiger partial charge in [-0.2, -0.15) is 12.7 Å². The molecule has 7 heteroatoms. The molecular weight excluding hydrogens is 402 g/mol. The maximum Gasteiger partial charge on any atom is 0.279 e. The number of nitrogens with one attached hydrogen (secondary N) is 1. The van der Waals surface area contributed by atoms with Crippen LogP contribution in [0.3, 0.4) is 0 Å². The molecule has 0 saturated heterocycles. The summed E-state index contributed by atoms with van der Waals surface area (Å²) >= 11 is 1.83. The Bertz CT molecular complexity index is 892. The van der Waals surface area contributed by atoms with Crippen molar-refractivity contribution in [1.82, 2.24) is 13.9 Å². The van der Waals surface area contributed by atoms with E-state index in [0.717, 1.165) is 50.8 Å². The Morgan fingerprint density at radius 1 is 1.17 bits per heavy atom. The SMILES string of the molecule is CN(C1CCCCC1)S(=O)(=O)NC[C@@H](c1ccccc1)N1CCc2sccc2C1. The molecule has 1 saturated carbocycles. The first-order valence-corrected chi connectivity index (χ1v) is 12.9. The van der Waals surface area contributed by atoms with Gasteiger partial charge in [0.05, 0.1) is 0 Å². The van der Waals surface area contributed by atoms with Crippen molar-refractivity contribution in [2.45, 2.75) is 57.2 Å². The first kappa shape index (κ1) is 21.0. The summed E-state index contributed by atoms with van der Waals surface area (Å²) in [6, 6.07) is 12.6. The maximum atomic E-state index is 13.0. The number of hydrogen-bond acceptors (Lipinski definition) is 4. The molecule has 0 spiro atoms. The molecule has 0 bridgehead atoms. The normalized spacial score (nSPS) is 19.9. The average molecular weight is 434 g/mol. The number of hydrogen-bond donors (Lipinski definition) is 1.